The number of anilines is 1. The summed E-state index contributed by atoms with van der Waals surface area (Å²) >= 11 is 0. The first-order valence-corrected chi connectivity index (χ1v) is 6.12. The van der Waals surface area contributed by atoms with E-state index in [4.69, 9.17) is 0 Å². The third-order valence-corrected chi connectivity index (χ3v) is 3.43. The van der Waals surface area contributed by atoms with Crippen molar-refractivity contribution in [1.29, 1.82) is 0 Å². The van der Waals surface area contributed by atoms with Crippen molar-refractivity contribution < 1.29 is 4.92 Å². The molecule has 0 atom stereocenters. The SMILES string of the molecule is Cc1nn(C)c(NC2CCN(C)CC2)c1[N+](=O)[O-]. The summed E-state index contributed by atoms with van der Waals surface area (Å²) in [4.78, 5) is 13.0. The van der Waals surface area contributed by atoms with Gasteiger partial charge in [-0.3, -0.25) is 10.1 Å². The highest BCUT2D eigenvalue weighted by Crippen LogP contribution is 2.29. The second kappa shape index (κ2) is 4.93. The first kappa shape index (κ1) is 12.8. The van der Waals surface area contributed by atoms with Crippen LogP contribution in [0.25, 0.3) is 0 Å². The summed E-state index contributed by atoms with van der Waals surface area (Å²) in [6.07, 6.45) is 2.00. The number of rotatable bonds is 3. The summed E-state index contributed by atoms with van der Waals surface area (Å²) in [5, 5.41) is 18.4. The number of aryl methyl sites for hydroxylation is 2. The van der Waals surface area contributed by atoms with E-state index in [1.807, 2.05) is 0 Å². The van der Waals surface area contributed by atoms with Crippen LogP contribution >= 0.6 is 0 Å². The number of nitrogens with one attached hydrogen (secondary N) is 1. The minimum Gasteiger partial charge on any atom is -0.362 e. The summed E-state index contributed by atoms with van der Waals surface area (Å²) in [5.41, 5.74) is 0.550. The lowest BCUT2D eigenvalue weighted by atomic mass is 10.1. The molecule has 7 heteroatoms. The Morgan fingerprint density at radius 2 is 2.00 bits per heavy atom. The Hall–Kier alpha value is -1.63. The van der Waals surface area contributed by atoms with Crippen LogP contribution in [0.2, 0.25) is 0 Å². The van der Waals surface area contributed by atoms with E-state index in [0.717, 1.165) is 25.9 Å². The molecule has 0 aromatic carbocycles. The monoisotopic (exact) mass is 253 g/mol. The molecule has 1 saturated heterocycles. The predicted octanol–water partition coefficient (Wildman–Crippen LogP) is 1.14. The maximum absolute atomic E-state index is 11.1. The average Bonchev–Trinajstić information content (AvgIpc) is 2.57. The molecule has 1 aliphatic heterocycles. The van der Waals surface area contributed by atoms with Gasteiger partial charge in [0, 0.05) is 13.1 Å². The first-order valence-electron chi connectivity index (χ1n) is 6.12. The Bertz CT molecular complexity index is 449. The van der Waals surface area contributed by atoms with Gasteiger partial charge in [-0.1, -0.05) is 0 Å². The first-order chi connectivity index (χ1) is 8.49. The third kappa shape index (κ3) is 2.45. The van der Waals surface area contributed by atoms with Crippen molar-refractivity contribution >= 4 is 11.5 Å². The van der Waals surface area contributed by atoms with Gasteiger partial charge in [0.25, 0.3) is 0 Å². The smallest absolute Gasteiger partial charge is 0.333 e. The van der Waals surface area contributed by atoms with Crippen LogP contribution in [-0.2, 0) is 7.05 Å². The number of nitrogens with zero attached hydrogens (tertiary/aromatic N) is 4. The van der Waals surface area contributed by atoms with Gasteiger partial charge in [-0.15, -0.1) is 0 Å². The molecule has 0 radical (unpaired) electrons. The fourth-order valence-electron chi connectivity index (χ4n) is 2.37. The summed E-state index contributed by atoms with van der Waals surface area (Å²) in [6.45, 7) is 3.70. The highest BCUT2D eigenvalue weighted by atomic mass is 16.6. The minimum absolute atomic E-state index is 0.0939. The van der Waals surface area contributed by atoms with Gasteiger partial charge in [-0.2, -0.15) is 5.10 Å². The number of hydrogen-bond donors (Lipinski definition) is 1. The standard InChI is InChI=1S/C11H19N5O2/c1-8-10(16(17)18)11(15(3)13-8)12-9-4-6-14(2)7-5-9/h9,12H,4-7H2,1-3H3. The molecule has 100 valence electrons. The predicted molar refractivity (Wildman–Crippen MR) is 68.7 cm³/mol. The fourth-order valence-corrected chi connectivity index (χ4v) is 2.37. The lowest BCUT2D eigenvalue weighted by Crippen LogP contribution is -2.37. The zero-order valence-corrected chi connectivity index (χ0v) is 11.0. The van der Waals surface area contributed by atoms with Gasteiger partial charge in [0.05, 0.1) is 4.92 Å². The van der Waals surface area contributed by atoms with E-state index < -0.39 is 0 Å². The van der Waals surface area contributed by atoms with Crippen LogP contribution in [0, 0.1) is 17.0 Å². The van der Waals surface area contributed by atoms with Crippen LogP contribution in [0.4, 0.5) is 11.5 Å². The minimum atomic E-state index is -0.361. The van der Waals surface area contributed by atoms with E-state index >= 15 is 0 Å². The van der Waals surface area contributed by atoms with Gasteiger partial charge >= 0.3 is 5.69 Å². The van der Waals surface area contributed by atoms with Gasteiger partial charge in [0.15, 0.2) is 0 Å². The van der Waals surface area contributed by atoms with E-state index in [1.165, 1.54) is 0 Å². The largest absolute Gasteiger partial charge is 0.362 e. The fraction of sp³-hybridized carbons (Fsp3) is 0.727. The quantitative estimate of drug-likeness (QED) is 0.645. The van der Waals surface area contributed by atoms with Gasteiger partial charge in [0.1, 0.15) is 5.69 Å². The summed E-state index contributed by atoms with van der Waals surface area (Å²) < 4.78 is 1.56. The van der Waals surface area contributed by atoms with Crippen LogP contribution in [-0.4, -0.2) is 45.8 Å². The molecular formula is C11H19N5O2. The topological polar surface area (TPSA) is 76.2 Å². The Kier molecular flexibility index (Phi) is 3.51. The van der Waals surface area contributed by atoms with E-state index in [-0.39, 0.29) is 16.7 Å². The van der Waals surface area contributed by atoms with Gasteiger partial charge in [0.2, 0.25) is 5.82 Å². The van der Waals surface area contributed by atoms with E-state index in [1.54, 1.807) is 18.7 Å². The van der Waals surface area contributed by atoms with Gasteiger partial charge in [-0.05, 0) is 39.9 Å². The molecule has 1 N–H and O–H groups in total. The van der Waals surface area contributed by atoms with Gasteiger partial charge in [-0.25, -0.2) is 4.68 Å². The molecule has 18 heavy (non-hydrogen) atoms. The molecule has 1 aromatic rings. The highest BCUT2D eigenvalue weighted by molar-refractivity contribution is 5.59. The molecule has 0 spiro atoms. The zero-order chi connectivity index (χ0) is 13.3. The molecule has 0 bridgehead atoms. The van der Waals surface area contributed by atoms with Crippen LogP contribution in [0.3, 0.4) is 0 Å². The second-order valence-electron chi connectivity index (χ2n) is 4.89. The number of likely N-dealkylation sites (tertiary alicyclic amines) is 1. The van der Waals surface area contributed by atoms with Crippen LogP contribution < -0.4 is 5.32 Å². The molecule has 7 nitrogen and oxygen atoms in total. The number of hydrogen-bond acceptors (Lipinski definition) is 5. The van der Waals surface area contributed by atoms with Crippen molar-refractivity contribution in [3.63, 3.8) is 0 Å². The Labute approximate surface area is 106 Å². The highest BCUT2D eigenvalue weighted by Gasteiger charge is 2.26. The third-order valence-electron chi connectivity index (χ3n) is 3.43. The maximum Gasteiger partial charge on any atom is 0.333 e. The molecule has 0 saturated carbocycles. The van der Waals surface area contributed by atoms with E-state index in [2.05, 4.69) is 22.4 Å². The lowest BCUT2D eigenvalue weighted by molar-refractivity contribution is -0.384. The normalized spacial score (nSPS) is 17.9. The molecule has 1 aliphatic rings. The van der Waals surface area contributed by atoms with Crippen molar-refractivity contribution in [2.24, 2.45) is 7.05 Å². The molecule has 2 heterocycles. The van der Waals surface area contributed by atoms with Crippen molar-refractivity contribution in [3.8, 4) is 0 Å². The Morgan fingerprint density at radius 1 is 1.39 bits per heavy atom. The summed E-state index contributed by atoms with van der Waals surface area (Å²) in [6, 6.07) is 0.287. The van der Waals surface area contributed by atoms with Crippen molar-refractivity contribution in [2.75, 3.05) is 25.5 Å². The van der Waals surface area contributed by atoms with Gasteiger partial charge < -0.3 is 10.2 Å². The van der Waals surface area contributed by atoms with Crippen molar-refractivity contribution in [2.45, 2.75) is 25.8 Å². The molecular weight excluding hydrogens is 234 g/mol. The molecule has 0 unspecified atom stereocenters. The second-order valence-corrected chi connectivity index (χ2v) is 4.89. The van der Waals surface area contributed by atoms with E-state index in [9.17, 15) is 10.1 Å². The van der Waals surface area contributed by atoms with Crippen molar-refractivity contribution in [3.05, 3.63) is 15.8 Å². The van der Waals surface area contributed by atoms with Crippen molar-refractivity contribution in [1.82, 2.24) is 14.7 Å². The Morgan fingerprint density at radius 3 is 2.56 bits per heavy atom. The average molecular weight is 253 g/mol. The molecule has 1 fully saturated rings. The molecule has 1 aromatic heterocycles. The maximum atomic E-state index is 11.1. The van der Waals surface area contributed by atoms with Crippen LogP contribution in [0.15, 0.2) is 0 Å². The molecule has 0 aliphatic carbocycles. The Balaban J connectivity index is 2.16. The van der Waals surface area contributed by atoms with Crippen LogP contribution in [0.1, 0.15) is 18.5 Å². The molecule has 2 rings (SSSR count). The summed E-state index contributed by atoms with van der Waals surface area (Å²) in [5.74, 6) is 0.520. The number of aromatic nitrogens is 2. The number of nitro groups is 1. The summed E-state index contributed by atoms with van der Waals surface area (Å²) in [7, 11) is 3.82. The lowest BCUT2D eigenvalue weighted by Gasteiger charge is -2.29. The zero-order valence-electron chi connectivity index (χ0n) is 11.0. The number of piperidine rings is 1. The van der Waals surface area contributed by atoms with Crippen LogP contribution in [0.5, 0.6) is 0 Å². The van der Waals surface area contributed by atoms with E-state index in [0.29, 0.717) is 11.5 Å². The molecule has 0 amide bonds.